The van der Waals surface area contributed by atoms with E-state index in [0.717, 1.165) is 5.69 Å². The molecule has 0 radical (unpaired) electrons. The first-order valence-corrected chi connectivity index (χ1v) is 7.38. The summed E-state index contributed by atoms with van der Waals surface area (Å²) >= 11 is 0. The second-order valence-corrected chi connectivity index (χ2v) is 5.25. The number of benzene rings is 2. The van der Waals surface area contributed by atoms with E-state index in [9.17, 15) is 4.79 Å². The van der Waals surface area contributed by atoms with Crippen molar-refractivity contribution in [3.8, 4) is 11.5 Å². The molecule has 0 saturated heterocycles. The summed E-state index contributed by atoms with van der Waals surface area (Å²) in [7, 11) is 7.05. The van der Waals surface area contributed by atoms with Gasteiger partial charge in [-0.1, -0.05) is 0 Å². The Kier molecular flexibility index (Phi) is 5.78. The molecule has 0 aliphatic carbocycles. The molecule has 24 heavy (non-hydrogen) atoms. The summed E-state index contributed by atoms with van der Waals surface area (Å²) in [5, 5.41) is 3.99. The minimum Gasteiger partial charge on any atom is -0.497 e. The van der Waals surface area contributed by atoms with E-state index in [0.29, 0.717) is 22.6 Å². The fourth-order valence-corrected chi connectivity index (χ4v) is 2.08. The van der Waals surface area contributed by atoms with Gasteiger partial charge in [0.15, 0.2) is 0 Å². The summed E-state index contributed by atoms with van der Waals surface area (Å²) in [4.78, 5) is 14.1. The Bertz CT molecular complexity index is 725. The third-order valence-corrected chi connectivity index (χ3v) is 3.45. The number of hydrazone groups is 1. The third kappa shape index (κ3) is 4.25. The molecule has 1 N–H and O–H groups in total. The minimum absolute atomic E-state index is 0.279. The standard InChI is InChI=1S/C18H21N3O3/c1-21(2)15-7-5-13(6-8-15)18(22)20-19-12-14-11-16(23-3)9-10-17(14)24-4/h5-12H,1-4H3,(H,20,22)/b19-12-. The predicted octanol–water partition coefficient (Wildman–Crippen LogP) is 2.53. The van der Waals surface area contributed by atoms with E-state index in [1.165, 1.54) is 6.21 Å². The van der Waals surface area contributed by atoms with Crippen molar-refractivity contribution in [1.82, 2.24) is 5.43 Å². The number of hydrogen-bond donors (Lipinski definition) is 1. The maximum absolute atomic E-state index is 12.1. The zero-order valence-corrected chi connectivity index (χ0v) is 14.2. The highest BCUT2D eigenvalue weighted by Gasteiger charge is 2.06. The van der Waals surface area contributed by atoms with Gasteiger partial charge in [0, 0.05) is 30.9 Å². The number of amides is 1. The maximum Gasteiger partial charge on any atom is 0.271 e. The zero-order valence-electron chi connectivity index (χ0n) is 14.2. The van der Waals surface area contributed by atoms with Crippen molar-refractivity contribution >= 4 is 17.8 Å². The van der Waals surface area contributed by atoms with E-state index in [1.807, 2.05) is 31.1 Å². The Morgan fingerprint density at radius 3 is 2.38 bits per heavy atom. The lowest BCUT2D eigenvalue weighted by atomic mass is 10.2. The Balaban J connectivity index is 2.06. The normalized spacial score (nSPS) is 10.5. The van der Waals surface area contributed by atoms with Gasteiger partial charge in [0.05, 0.1) is 20.4 Å². The van der Waals surface area contributed by atoms with Gasteiger partial charge in [-0.3, -0.25) is 4.79 Å². The van der Waals surface area contributed by atoms with Gasteiger partial charge in [0.2, 0.25) is 0 Å². The van der Waals surface area contributed by atoms with Crippen molar-refractivity contribution in [2.24, 2.45) is 5.10 Å². The minimum atomic E-state index is -0.279. The number of nitrogens with zero attached hydrogens (tertiary/aromatic N) is 2. The average molecular weight is 327 g/mol. The number of nitrogens with one attached hydrogen (secondary N) is 1. The van der Waals surface area contributed by atoms with Crippen LogP contribution in [0.25, 0.3) is 0 Å². The lowest BCUT2D eigenvalue weighted by molar-refractivity contribution is 0.0955. The smallest absolute Gasteiger partial charge is 0.271 e. The van der Waals surface area contributed by atoms with E-state index in [1.54, 1.807) is 44.6 Å². The Hall–Kier alpha value is -3.02. The molecule has 0 aliphatic heterocycles. The van der Waals surface area contributed by atoms with Gasteiger partial charge in [-0.25, -0.2) is 5.43 Å². The predicted molar refractivity (Wildman–Crippen MR) is 95.4 cm³/mol. The zero-order chi connectivity index (χ0) is 17.5. The van der Waals surface area contributed by atoms with Crippen molar-refractivity contribution in [1.29, 1.82) is 0 Å². The van der Waals surface area contributed by atoms with Crippen LogP contribution >= 0.6 is 0 Å². The molecular weight excluding hydrogens is 306 g/mol. The topological polar surface area (TPSA) is 63.2 Å². The molecule has 0 spiro atoms. The first kappa shape index (κ1) is 17.3. The second kappa shape index (κ2) is 8.01. The highest BCUT2D eigenvalue weighted by molar-refractivity contribution is 5.95. The number of ether oxygens (including phenoxy) is 2. The summed E-state index contributed by atoms with van der Waals surface area (Å²) in [5.74, 6) is 1.05. The molecule has 0 saturated carbocycles. The van der Waals surface area contributed by atoms with E-state index in [-0.39, 0.29) is 5.91 Å². The quantitative estimate of drug-likeness (QED) is 0.654. The molecule has 0 unspecified atom stereocenters. The van der Waals surface area contributed by atoms with Crippen molar-refractivity contribution < 1.29 is 14.3 Å². The van der Waals surface area contributed by atoms with Crippen LogP contribution in [0.15, 0.2) is 47.6 Å². The van der Waals surface area contributed by atoms with Gasteiger partial charge < -0.3 is 14.4 Å². The van der Waals surface area contributed by atoms with Gasteiger partial charge in [-0.05, 0) is 42.5 Å². The van der Waals surface area contributed by atoms with Gasteiger partial charge in [-0.15, -0.1) is 0 Å². The summed E-state index contributed by atoms with van der Waals surface area (Å²) in [6.07, 6.45) is 1.52. The molecule has 0 bridgehead atoms. The van der Waals surface area contributed by atoms with E-state index >= 15 is 0 Å². The van der Waals surface area contributed by atoms with Crippen molar-refractivity contribution in [2.75, 3.05) is 33.2 Å². The highest BCUT2D eigenvalue weighted by atomic mass is 16.5. The molecule has 0 aromatic heterocycles. The van der Waals surface area contributed by atoms with Crippen LogP contribution in [-0.4, -0.2) is 40.4 Å². The lowest BCUT2D eigenvalue weighted by Crippen LogP contribution is -2.18. The van der Waals surface area contributed by atoms with Gasteiger partial charge >= 0.3 is 0 Å². The number of anilines is 1. The molecule has 6 nitrogen and oxygen atoms in total. The van der Waals surface area contributed by atoms with Crippen molar-refractivity contribution in [3.63, 3.8) is 0 Å². The van der Waals surface area contributed by atoms with Gasteiger partial charge in [0.25, 0.3) is 5.91 Å². The molecule has 0 aliphatic rings. The summed E-state index contributed by atoms with van der Waals surface area (Å²) in [6, 6.07) is 12.6. The molecule has 126 valence electrons. The number of carbonyl (C=O) groups excluding carboxylic acids is 1. The molecule has 2 aromatic rings. The average Bonchev–Trinajstić information content (AvgIpc) is 2.61. The van der Waals surface area contributed by atoms with Crippen LogP contribution in [-0.2, 0) is 0 Å². The third-order valence-electron chi connectivity index (χ3n) is 3.45. The van der Waals surface area contributed by atoms with Crippen molar-refractivity contribution in [2.45, 2.75) is 0 Å². The SMILES string of the molecule is COc1ccc(OC)c(/C=N\NC(=O)c2ccc(N(C)C)cc2)c1. The molecule has 2 aromatic carbocycles. The van der Waals surface area contributed by atoms with Crippen LogP contribution in [0.1, 0.15) is 15.9 Å². The summed E-state index contributed by atoms with van der Waals surface area (Å²) in [6.45, 7) is 0. The van der Waals surface area contributed by atoms with Gasteiger partial charge in [0.1, 0.15) is 11.5 Å². The fraction of sp³-hybridized carbons (Fsp3) is 0.222. The Morgan fingerprint density at radius 2 is 1.79 bits per heavy atom. The van der Waals surface area contributed by atoms with Crippen LogP contribution in [0.2, 0.25) is 0 Å². The fourth-order valence-electron chi connectivity index (χ4n) is 2.08. The molecule has 0 heterocycles. The molecule has 0 atom stereocenters. The number of rotatable bonds is 6. The first-order valence-electron chi connectivity index (χ1n) is 7.38. The molecule has 2 rings (SSSR count). The maximum atomic E-state index is 12.1. The van der Waals surface area contributed by atoms with Crippen LogP contribution < -0.4 is 19.8 Å². The molecule has 6 heteroatoms. The van der Waals surface area contributed by atoms with Crippen LogP contribution in [0, 0.1) is 0 Å². The number of methoxy groups -OCH3 is 2. The van der Waals surface area contributed by atoms with Gasteiger partial charge in [-0.2, -0.15) is 5.10 Å². The lowest BCUT2D eigenvalue weighted by Gasteiger charge is -2.12. The van der Waals surface area contributed by atoms with E-state index in [2.05, 4.69) is 10.5 Å². The van der Waals surface area contributed by atoms with Crippen LogP contribution in [0.3, 0.4) is 0 Å². The first-order chi connectivity index (χ1) is 11.5. The molecule has 1 amide bonds. The Labute approximate surface area is 141 Å². The monoisotopic (exact) mass is 327 g/mol. The van der Waals surface area contributed by atoms with Crippen LogP contribution in [0.5, 0.6) is 11.5 Å². The van der Waals surface area contributed by atoms with Crippen molar-refractivity contribution in [3.05, 3.63) is 53.6 Å². The number of hydrogen-bond acceptors (Lipinski definition) is 5. The largest absolute Gasteiger partial charge is 0.497 e. The molecule has 0 fully saturated rings. The second-order valence-electron chi connectivity index (χ2n) is 5.25. The summed E-state index contributed by atoms with van der Waals surface area (Å²) in [5.41, 5.74) is 4.78. The Morgan fingerprint density at radius 1 is 1.08 bits per heavy atom. The van der Waals surface area contributed by atoms with Crippen LogP contribution in [0.4, 0.5) is 5.69 Å². The number of carbonyl (C=O) groups is 1. The highest BCUT2D eigenvalue weighted by Crippen LogP contribution is 2.22. The van der Waals surface area contributed by atoms with E-state index in [4.69, 9.17) is 9.47 Å². The summed E-state index contributed by atoms with van der Waals surface area (Å²) < 4.78 is 10.4. The molecular formula is C18H21N3O3. The van der Waals surface area contributed by atoms with E-state index < -0.39 is 0 Å².